The summed E-state index contributed by atoms with van der Waals surface area (Å²) in [5, 5.41) is 7.84. The van der Waals surface area contributed by atoms with Gasteiger partial charge in [0.05, 0.1) is 25.5 Å². The maximum absolute atomic E-state index is 13.4. The Morgan fingerprint density at radius 3 is 2.00 bits per heavy atom. The molecule has 10 nitrogen and oxygen atoms in total. The smallest absolute Gasteiger partial charge is 0.246 e. The van der Waals surface area contributed by atoms with Gasteiger partial charge in [0, 0.05) is 19.6 Å². The number of hydrogen-bond donors (Lipinski definition) is 2. The van der Waals surface area contributed by atoms with E-state index in [0.717, 1.165) is 31.5 Å². The highest BCUT2D eigenvalue weighted by atomic mass is 16.5. The van der Waals surface area contributed by atoms with Crippen LogP contribution in [-0.4, -0.2) is 76.8 Å². The average molecular weight is 572 g/mol. The summed E-state index contributed by atoms with van der Waals surface area (Å²) in [6.45, 7) is 6.78. The second-order valence-electron chi connectivity index (χ2n) is 12.0. The van der Waals surface area contributed by atoms with Gasteiger partial charge in [-0.15, -0.1) is 5.10 Å². The zero-order valence-electron chi connectivity index (χ0n) is 25.4. The summed E-state index contributed by atoms with van der Waals surface area (Å²) in [6.07, 6.45) is 21.1. The molecule has 41 heavy (non-hydrogen) atoms. The van der Waals surface area contributed by atoms with Gasteiger partial charge in [-0.2, -0.15) is 4.98 Å². The third kappa shape index (κ3) is 9.26. The lowest BCUT2D eigenvalue weighted by Crippen LogP contribution is -2.56. The average Bonchev–Trinajstić information content (AvgIpc) is 3.39. The van der Waals surface area contributed by atoms with Crippen LogP contribution >= 0.6 is 0 Å². The normalized spacial score (nSPS) is 19.3. The quantitative estimate of drug-likeness (QED) is 0.180. The fraction of sp³-hybridized carbons (Fsp3) is 0.806. The Morgan fingerprint density at radius 1 is 0.878 bits per heavy atom. The van der Waals surface area contributed by atoms with Crippen molar-refractivity contribution in [1.29, 1.82) is 0 Å². The number of ketones is 1. The van der Waals surface area contributed by atoms with Crippen LogP contribution in [0.1, 0.15) is 110 Å². The molecule has 1 amide bonds. The largest absolute Gasteiger partial charge is 0.378 e. The van der Waals surface area contributed by atoms with Crippen molar-refractivity contribution < 1.29 is 14.3 Å². The number of carbonyl (C=O) groups is 2. The van der Waals surface area contributed by atoms with Crippen molar-refractivity contribution in [3.8, 4) is 0 Å². The molecular formula is C31H53N7O3. The monoisotopic (exact) mass is 571 g/mol. The molecule has 0 radical (unpaired) electrons. The minimum atomic E-state index is -0.925. The number of morpholine rings is 1. The molecule has 1 atom stereocenters. The number of hydrogen-bond acceptors (Lipinski definition) is 8. The van der Waals surface area contributed by atoms with E-state index >= 15 is 0 Å². The maximum atomic E-state index is 13.4. The van der Waals surface area contributed by atoms with Crippen LogP contribution in [0.25, 0.3) is 0 Å². The number of rotatable bonds is 19. The van der Waals surface area contributed by atoms with Crippen molar-refractivity contribution in [2.45, 2.75) is 122 Å². The molecule has 1 unspecified atom stereocenters. The minimum absolute atomic E-state index is 0.252. The standard InChI is InChI=1S/C31H53N7O3/c1-2-3-4-5-6-7-8-9-10-11-12-13-14-15-16-17-18-37-23-25-24-38-30(33-26(25)28(39)27(37)29(32)40)34-31(35-38)36-19-21-41-22-20-36/h27H,2-24H2,1H3,(H2,32,40)(H,33,34,35). The number of anilines is 2. The van der Waals surface area contributed by atoms with E-state index in [2.05, 4.69) is 27.2 Å². The van der Waals surface area contributed by atoms with Crippen LogP contribution in [0, 0.1) is 0 Å². The lowest BCUT2D eigenvalue weighted by atomic mass is 9.95. The molecule has 0 saturated carbocycles. The molecule has 1 aromatic heterocycles. The number of primary amides is 1. The van der Waals surface area contributed by atoms with Crippen molar-refractivity contribution in [3.63, 3.8) is 0 Å². The minimum Gasteiger partial charge on any atom is -0.378 e. The number of fused-ring (bicyclic) bond motifs is 1. The van der Waals surface area contributed by atoms with Gasteiger partial charge in [-0.25, -0.2) is 4.68 Å². The summed E-state index contributed by atoms with van der Waals surface area (Å²) in [5.41, 5.74) is 7.13. The molecule has 0 spiro atoms. The van der Waals surface area contributed by atoms with Crippen LogP contribution < -0.4 is 16.0 Å². The lowest BCUT2D eigenvalue weighted by Gasteiger charge is -2.37. The number of aromatic nitrogens is 3. The first kappa shape index (κ1) is 31.5. The van der Waals surface area contributed by atoms with E-state index < -0.39 is 11.9 Å². The first-order chi connectivity index (χ1) is 20.1. The molecule has 3 aliphatic heterocycles. The third-order valence-electron chi connectivity index (χ3n) is 8.71. The summed E-state index contributed by atoms with van der Waals surface area (Å²) in [5.74, 6) is 0.339. The van der Waals surface area contributed by atoms with E-state index in [-0.39, 0.29) is 5.78 Å². The highest BCUT2D eigenvalue weighted by Gasteiger charge is 2.41. The molecule has 1 saturated heterocycles. The first-order valence-electron chi connectivity index (χ1n) is 16.4. The van der Waals surface area contributed by atoms with Crippen molar-refractivity contribution in [1.82, 2.24) is 19.7 Å². The summed E-state index contributed by atoms with van der Waals surface area (Å²) in [7, 11) is 0. The van der Waals surface area contributed by atoms with E-state index in [4.69, 9.17) is 10.5 Å². The maximum Gasteiger partial charge on any atom is 0.246 e. The van der Waals surface area contributed by atoms with Crippen molar-refractivity contribution in [2.75, 3.05) is 49.6 Å². The van der Waals surface area contributed by atoms with E-state index in [1.807, 2.05) is 9.58 Å². The Kier molecular flexibility index (Phi) is 12.9. The van der Waals surface area contributed by atoms with Crippen LogP contribution in [0.2, 0.25) is 0 Å². The van der Waals surface area contributed by atoms with Crippen LogP contribution in [0.4, 0.5) is 11.9 Å². The molecule has 1 fully saturated rings. The third-order valence-corrected chi connectivity index (χ3v) is 8.71. The molecule has 4 rings (SSSR count). The molecular weight excluding hydrogens is 518 g/mol. The molecule has 3 N–H and O–H groups in total. The number of ether oxygens (including phenoxy) is 1. The SMILES string of the molecule is CCCCCCCCCCCCCCCCCCN1CC2=C(Nc3nc(N4CCOCC4)nn3C2)C(=O)C1C(N)=O. The summed E-state index contributed by atoms with van der Waals surface area (Å²) < 4.78 is 7.25. The molecule has 10 heteroatoms. The molecule has 1 aromatic rings. The Bertz CT molecular complexity index is 1000. The van der Waals surface area contributed by atoms with Crippen molar-refractivity contribution >= 4 is 23.6 Å². The summed E-state index contributed by atoms with van der Waals surface area (Å²) >= 11 is 0. The van der Waals surface area contributed by atoms with Gasteiger partial charge < -0.3 is 20.7 Å². The van der Waals surface area contributed by atoms with E-state index in [9.17, 15) is 9.59 Å². The number of Topliss-reactive ketones (excluding diaryl/α,β-unsaturated/α-hetero) is 1. The fourth-order valence-corrected chi connectivity index (χ4v) is 6.27. The Balaban J connectivity index is 1.12. The van der Waals surface area contributed by atoms with Gasteiger partial charge >= 0.3 is 0 Å². The number of unbranched alkanes of at least 4 members (excludes halogenated alkanes) is 15. The summed E-state index contributed by atoms with van der Waals surface area (Å²) in [6, 6.07) is -0.925. The number of nitrogens with two attached hydrogens (primary N) is 1. The zero-order chi connectivity index (χ0) is 28.9. The van der Waals surface area contributed by atoms with Gasteiger partial charge in [0.1, 0.15) is 0 Å². The lowest BCUT2D eigenvalue weighted by molar-refractivity contribution is -0.132. The van der Waals surface area contributed by atoms with Crippen molar-refractivity contribution in [2.24, 2.45) is 5.73 Å². The Hall–Kier alpha value is -2.46. The van der Waals surface area contributed by atoms with Gasteiger partial charge in [-0.3, -0.25) is 14.5 Å². The van der Waals surface area contributed by atoms with Gasteiger partial charge in [0.25, 0.3) is 0 Å². The highest BCUT2D eigenvalue weighted by Crippen LogP contribution is 2.29. The van der Waals surface area contributed by atoms with E-state index in [1.165, 1.54) is 89.9 Å². The Labute approximate surface area is 246 Å². The number of amides is 1. The predicted octanol–water partition coefficient (Wildman–Crippen LogP) is 4.79. The molecule has 4 heterocycles. The van der Waals surface area contributed by atoms with Crippen LogP contribution in [0.15, 0.2) is 11.3 Å². The molecule has 0 aromatic carbocycles. The molecule has 0 aliphatic carbocycles. The fourth-order valence-electron chi connectivity index (χ4n) is 6.27. The van der Waals surface area contributed by atoms with Crippen LogP contribution in [-0.2, 0) is 20.9 Å². The van der Waals surface area contributed by atoms with Gasteiger partial charge in [-0.05, 0) is 18.5 Å². The second kappa shape index (κ2) is 16.9. The van der Waals surface area contributed by atoms with Crippen LogP contribution in [0.5, 0.6) is 0 Å². The van der Waals surface area contributed by atoms with E-state index in [1.54, 1.807) is 0 Å². The zero-order valence-corrected chi connectivity index (χ0v) is 25.4. The highest BCUT2D eigenvalue weighted by molar-refractivity contribution is 6.15. The topological polar surface area (TPSA) is 119 Å². The number of nitrogens with one attached hydrogen (secondary N) is 1. The second-order valence-corrected chi connectivity index (χ2v) is 12.0. The van der Waals surface area contributed by atoms with Gasteiger partial charge in [0.15, 0.2) is 6.04 Å². The van der Waals surface area contributed by atoms with Gasteiger partial charge in [-0.1, -0.05) is 103 Å². The number of carbonyl (C=O) groups excluding carboxylic acids is 2. The van der Waals surface area contributed by atoms with E-state index in [0.29, 0.717) is 50.4 Å². The molecule has 230 valence electrons. The molecule has 0 bridgehead atoms. The van der Waals surface area contributed by atoms with Crippen LogP contribution in [0.3, 0.4) is 0 Å². The van der Waals surface area contributed by atoms with Gasteiger partial charge in [0.2, 0.25) is 23.6 Å². The first-order valence-corrected chi connectivity index (χ1v) is 16.4. The molecule has 3 aliphatic rings. The van der Waals surface area contributed by atoms with Crippen molar-refractivity contribution in [3.05, 3.63) is 11.3 Å². The number of nitrogens with zero attached hydrogens (tertiary/aromatic N) is 5. The summed E-state index contributed by atoms with van der Waals surface area (Å²) in [4.78, 5) is 34.3. The Morgan fingerprint density at radius 2 is 1.44 bits per heavy atom. The predicted molar refractivity (Wildman–Crippen MR) is 163 cm³/mol.